The Balaban J connectivity index is 2.00. The Morgan fingerprint density at radius 3 is 2.52 bits per heavy atom. The molecule has 1 unspecified atom stereocenters. The van der Waals surface area contributed by atoms with E-state index in [1.54, 1.807) is 37.3 Å². The molecule has 0 aliphatic heterocycles. The van der Waals surface area contributed by atoms with Gasteiger partial charge in [-0.2, -0.15) is 0 Å². The van der Waals surface area contributed by atoms with Crippen LogP contribution in [0.2, 0.25) is 5.15 Å². The van der Waals surface area contributed by atoms with Gasteiger partial charge in [-0.25, -0.2) is 9.78 Å². The monoisotopic (exact) mass is 362 g/mol. The fourth-order valence-electron chi connectivity index (χ4n) is 2.08. The summed E-state index contributed by atoms with van der Waals surface area (Å²) in [6.45, 7) is 4.21. The van der Waals surface area contributed by atoms with E-state index in [0.29, 0.717) is 24.5 Å². The van der Waals surface area contributed by atoms with Gasteiger partial charge in [0.1, 0.15) is 10.9 Å². The normalized spacial score (nSPS) is 11.5. The average Bonchev–Trinajstić information content (AvgIpc) is 2.61. The molecule has 6 nitrogen and oxygen atoms in total. The van der Waals surface area contributed by atoms with Crippen molar-refractivity contribution in [3.63, 3.8) is 0 Å². The number of pyridine rings is 1. The SMILES string of the molecule is CCOc1ccc(NC(=O)C(CC)OC(=O)c2cccnc2Cl)cc1. The summed E-state index contributed by atoms with van der Waals surface area (Å²) in [6.07, 6.45) is 0.858. The molecular weight excluding hydrogens is 344 g/mol. The summed E-state index contributed by atoms with van der Waals surface area (Å²) >= 11 is 5.87. The molecule has 25 heavy (non-hydrogen) atoms. The molecule has 1 atom stereocenters. The van der Waals surface area contributed by atoms with Gasteiger partial charge in [0.2, 0.25) is 0 Å². The third kappa shape index (κ3) is 5.19. The van der Waals surface area contributed by atoms with Gasteiger partial charge in [-0.05, 0) is 49.7 Å². The summed E-state index contributed by atoms with van der Waals surface area (Å²) in [5.74, 6) is -0.392. The number of nitrogens with one attached hydrogen (secondary N) is 1. The molecule has 0 radical (unpaired) electrons. The van der Waals surface area contributed by atoms with E-state index in [0.717, 1.165) is 0 Å². The maximum atomic E-state index is 12.3. The van der Waals surface area contributed by atoms with Crippen LogP contribution in [0, 0.1) is 0 Å². The van der Waals surface area contributed by atoms with Gasteiger partial charge in [0.15, 0.2) is 6.10 Å². The highest BCUT2D eigenvalue weighted by Crippen LogP contribution is 2.18. The number of esters is 1. The number of rotatable bonds is 7. The first-order valence-corrected chi connectivity index (χ1v) is 8.28. The number of aromatic nitrogens is 1. The Bertz CT molecular complexity index is 734. The summed E-state index contributed by atoms with van der Waals surface area (Å²) in [5, 5.41) is 2.75. The van der Waals surface area contributed by atoms with Gasteiger partial charge < -0.3 is 14.8 Å². The molecule has 2 rings (SSSR count). The molecule has 132 valence electrons. The molecule has 1 amide bonds. The third-order valence-corrected chi connectivity index (χ3v) is 3.63. The largest absolute Gasteiger partial charge is 0.494 e. The van der Waals surface area contributed by atoms with Crippen LogP contribution in [0.4, 0.5) is 5.69 Å². The Morgan fingerprint density at radius 2 is 1.92 bits per heavy atom. The molecule has 0 bridgehead atoms. The number of benzene rings is 1. The minimum atomic E-state index is -0.935. The Morgan fingerprint density at radius 1 is 1.20 bits per heavy atom. The maximum absolute atomic E-state index is 12.3. The van der Waals surface area contributed by atoms with Crippen molar-refractivity contribution >= 4 is 29.2 Å². The van der Waals surface area contributed by atoms with Crippen LogP contribution < -0.4 is 10.1 Å². The van der Waals surface area contributed by atoms with Crippen molar-refractivity contribution < 1.29 is 19.1 Å². The second-order valence-electron chi connectivity index (χ2n) is 5.09. The van der Waals surface area contributed by atoms with Crippen molar-refractivity contribution in [1.29, 1.82) is 0 Å². The molecule has 0 spiro atoms. The van der Waals surface area contributed by atoms with E-state index in [9.17, 15) is 9.59 Å². The Kier molecular flexibility index (Phi) is 6.77. The van der Waals surface area contributed by atoms with Crippen LogP contribution in [0.3, 0.4) is 0 Å². The molecule has 1 N–H and O–H groups in total. The van der Waals surface area contributed by atoms with E-state index in [1.165, 1.54) is 12.3 Å². The zero-order valence-corrected chi connectivity index (χ0v) is 14.7. The lowest BCUT2D eigenvalue weighted by Gasteiger charge is -2.16. The van der Waals surface area contributed by atoms with Gasteiger partial charge in [-0.3, -0.25) is 4.79 Å². The number of ether oxygens (including phenoxy) is 2. The first-order valence-electron chi connectivity index (χ1n) is 7.90. The van der Waals surface area contributed by atoms with Crippen molar-refractivity contribution in [1.82, 2.24) is 4.98 Å². The number of hydrogen-bond acceptors (Lipinski definition) is 5. The van der Waals surface area contributed by atoms with Crippen molar-refractivity contribution in [2.75, 3.05) is 11.9 Å². The summed E-state index contributed by atoms with van der Waals surface area (Å²) in [5.41, 5.74) is 0.707. The summed E-state index contributed by atoms with van der Waals surface area (Å²) in [6, 6.07) is 10.0. The Labute approximate surface area is 151 Å². The molecule has 1 aromatic carbocycles. The summed E-state index contributed by atoms with van der Waals surface area (Å²) in [7, 11) is 0. The van der Waals surface area contributed by atoms with E-state index in [2.05, 4.69) is 10.3 Å². The van der Waals surface area contributed by atoms with Crippen LogP contribution in [0.5, 0.6) is 5.75 Å². The molecule has 0 saturated carbocycles. The minimum absolute atomic E-state index is 0.0364. The van der Waals surface area contributed by atoms with Crippen LogP contribution in [-0.2, 0) is 9.53 Å². The van der Waals surface area contributed by atoms with Gasteiger partial charge in [0, 0.05) is 11.9 Å². The van der Waals surface area contributed by atoms with E-state index < -0.39 is 18.0 Å². The number of carbonyl (C=O) groups is 2. The van der Waals surface area contributed by atoms with Crippen molar-refractivity contribution in [2.24, 2.45) is 0 Å². The lowest BCUT2D eigenvalue weighted by atomic mass is 10.2. The second-order valence-corrected chi connectivity index (χ2v) is 5.45. The highest BCUT2D eigenvalue weighted by atomic mass is 35.5. The number of anilines is 1. The lowest BCUT2D eigenvalue weighted by molar-refractivity contribution is -0.124. The predicted octanol–water partition coefficient (Wildman–Crippen LogP) is 3.71. The van der Waals surface area contributed by atoms with E-state index in [-0.39, 0.29) is 10.7 Å². The van der Waals surface area contributed by atoms with Crippen LogP contribution in [0.1, 0.15) is 30.6 Å². The van der Waals surface area contributed by atoms with Crippen LogP contribution in [0.25, 0.3) is 0 Å². The van der Waals surface area contributed by atoms with Gasteiger partial charge in [-0.1, -0.05) is 18.5 Å². The molecule has 2 aromatic rings. The summed E-state index contributed by atoms with van der Waals surface area (Å²) in [4.78, 5) is 28.3. The Hall–Kier alpha value is -2.60. The van der Waals surface area contributed by atoms with Crippen molar-refractivity contribution in [3.05, 3.63) is 53.3 Å². The number of halogens is 1. The molecule has 1 heterocycles. The zero-order valence-electron chi connectivity index (χ0n) is 14.0. The quantitative estimate of drug-likeness (QED) is 0.600. The topological polar surface area (TPSA) is 77.5 Å². The number of carbonyl (C=O) groups excluding carboxylic acids is 2. The number of amides is 1. The first-order chi connectivity index (χ1) is 12.0. The molecule has 0 fully saturated rings. The fourth-order valence-corrected chi connectivity index (χ4v) is 2.27. The third-order valence-electron chi connectivity index (χ3n) is 3.32. The maximum Gasteiger partial charge on any atom is 0.342 e. The highest BCUT2D eigenvalue weighted by molar-refractivity contribution is 6.32. The van der Waals surface area contributed by atoms with E-state index in [4.69, 9.17) is 21.1 Å². The standard InChI is InChI=1S/C18H19ClN2O4/c1-3-15(25-18(23)14-6-5-11-20-16(14)19)17(22)21-12-7-9-13(10-8-12)24-4-2/h5-11,15H,3-4H2,1-2H3,(H,21,22). The van der Waals surface area contributed by atoms with Crippen LogP contribution in [-0.4, -0.2) is 29.6 Å². The molecule has 0 aliphatic carbocycles. The molecular formula is C18H19ClN2O4. The van der Waals surface area contributed by atoms with Crippen molar-refractivity contribution in [3.8, 4) is 5.75 Å². The number of nitrogens with zero attached hydrogens (tertiary/aromatic N) is 1. The van der Waals surface area contributed by atoms with Crippen LogP contribution in [0.15, 0.2) is 42.6 Å². The summed E-state index contributed by atoms with van der Waals surface area (Å²) < 4.78 is 10.6. The number of hydrogen-bond donors (Lipinski definition) is 1. The predicted molar refractivity (Wildman–Crippen MR) is 95.0 cm³/mol. The van der Waals surface area contributed by atoms with Crippen molar-refractivity contribution in [2.45, 2.75) is 26.4 Å². The molecule has 0 aliphatic rings. The zero-order chi connectivity index (χ0) is 18.2. The molecule has 1 aromatic heterocycles. The van der Waals surface area contributed by atoms with Gasteiger partial charge in [0.25, 0.3) is 5.91 Å². The van der Waals surface area contributed by atoms with Gasteiger partial charge in [0.05, 0.1) is 12.2 Å². The van der Waals surface area contributed by atoms with Gasteiger partial charge in [-0.15, -0.1) is 0 Å². The highest BCUT2D eigenvalue weighted by Gasteiger charge is 2.23. The van der Waals surface area contributed by atoms with Gasteiger partial charge >= 0.3 is 5.97 Å². The van der Waals surface area contributed by atoms with E-state index >= 15 is 0 Å². The van der Waals surface area contributed by atoms with Crippen LogP contribution >= 0.6 is 11.6 Å². The molecule has 0 saturated heterocycles. The second kappa shape index (κ2) is 9.03. The lowest BCUT2D eigenvalue weighted by Crippen LogP contribution is -2.32. The smallest absolute Gasteiger partial charge is 0.342 e. The fraction of sp³-hybridized carbons (Fsp3) is 0.278. The minimum Gasteiger partial charge on any atom is -0.494 e. The first kappa shape index (κ1) is 18.7. The molecule has 7 heteroatoms. The van der Waals surface area contributed by atoms with E-state index in [1.807, 2.05) is 6.92 Å². The average molecular weight is 363 g/mol.